The monoisotopic (exact) mass is 428 g/mol. The van der Waals surface area contributed by atoms with E-state index in [4.69, 9.17) is 19.1 Å². The van der Waals surface area contributed by atoms with E-state index in [0.717, 1.165) is 19.0 Å². The number of fused-ring (bicyclic) bond motifs is 1. The van der Waals surface area contributed by atoms with Crippen molar-refractivity contribution in [3.05, 3.63) is 42.6 Å². The van der Waals surface area contributed by atoms with E-state index in [9.17, 15) is 18.0 Å². The Bertz CT molecular complexity index is 862. The molecule has 12 heteroatoms. The second-order valence-electron chi connectivity index (χ2n) is 6.97. The Labute approximate surface area is 168 Å². The number of ether oxygens (including phenoxy) is 1. The van der Waals surface area contributed by atoms with Crippen molar-refractivity contribution in [1.29, 1.82) is 0 Å². The summed E-state index contributed by atoms with van der Waals surface area (Å²) in [7, 11) is 0. The van der Waals surface area contributed by atoms with Crippen molar-refractivity contribution in [2.45, 2.75) is 6.18 Å². The van der Waals surface area contributed by atoms with Crippen LogP contribution in [-0.2, 0) is 9.53 Å². The average molecular weight is 428 g/mol. The fraction of sp³-hybridized carbons (Fsp3) is 0.444. The Hall–Kier alpha value is -3.15. The summed E-state index contributed by atoms with van der Waals surface area (Å²) >= 11 is 0. The highest BCUT2D eigenvalue weighted by atomic mass is 19.4. The van der Waals surface area contributed by atoms with Crippen molar-refractivity contribution < 1.29 is 37.0 Å². The van der Waals surface area contributed by atoms with Gasteiger partial charge in [0.25, 0.3) is 5.91 Å². The number of furan rings is 1. The van der Waals surface area contributed by atoms with Gasteiger partial charge in [0.05, 0.1) is 19.5 Å². The van der Waals surface area contributed by atoms with Crippen molar-refractivity contribution in [2.75, 3.05) is 37.7 Å². The predicted octanol–water partition coefficient (Wildman–Crippen LogP) is 1.59. The number of aromatic nitrogens is 2. The molecule has 0 aliphatic carbocycles. The molecule has 2 atom stereocenters. The van der Waals surface area contributed by atoms with Gasteiger partial charge in [0.1, 0.15) is 0 Å². The molecule has 2 aromatic heterocycles. The number of nitrogens with one attached hydrogen (secondary N) is 1. The van der Waals surface area contributed by atoms with Crippen LogP contribution in [0.25, 0.3) is 0 Å². The first kappa shape index (κ1) is 21.6. The second-order valence-corrected chi connectivity index (χ2v) is 6.97. The van der Waals surface area contributed by atoms with E-state index in [2.05, 4.69) is 20.2 Å². The average Bonchev–Trinajstić information content (AvgIpc) is 3.42. The van der Waals surface area contributed by atoms with Crippen LogP contribution in [0, 0.1) is 11.3 Å². The summed E-state index contributed by atoms with van der Waals surface area (Å²) in [6.45, 7) is 3.53. The fourth-order valence-corrected chi connectivity index (χ4v) is 3.44. The Morgan fingerprint density at radius 3 is 2.60 bits per heavy atom. The lowest BCUT2D eigenvalue weighted by molar-refractivity contribution is -0.192. The zero-order chi connectivity index (χ0) is 21.8. The van der Waals surface area contributed by atoms with Crippen LogP contribution >= 0.6 is 0 Å². The number of hydrogen-bond donors (Lipinski definition) is 2. The topological polar surface area (TPSA) is 118 Å². The van der Waals surface area contributed by atoms with Gasteiger partial charge in [0, 0.05) is 43.4 Å². The maximum absolute atomic E-state index is 12.1. The number of alkyl halides is 3. The van der Waals surface area contributed by atoms with E-state index >= 15 is 0 Å². The number of carboxylic acid groups (broad SMARTS) is 1. The van der Waals surface area contributed by atoms with Crippen LogP contribution < -0.4 is 10.2 Å². The molecule has 1 amide bonds. The lowest BCUT2D eigenvalue weighted by Crippen LogP contribution is -2.43. The fourth-order valence-electron chi connectivity index (χ4n) is 3.44. The van der Waals surface area contributed by atoms with E-state index in [1.165, 1.54) is 6.26 Å². The van der Waals surface area contributed by atoms with Crippen LogP contribution in [0.15, 0.2) is 41.3 Å². The smallest absolute Gasteiger partial charge is 0.475 e. The minimum absolute atomic E-state index is 0.0958. The van der Waals surface area contributed by atoms with E-state index in [0.29, 0.717) is 31.4 Å². The van der Waals surface area contributed by atoms with Crippen molar-refractivity contribution in [3.63, 3.8) is 0 Å². The summed E-state index contributed by atoms with van der Waals surface area (Å²) in [6.07, 6.45) is -0.0880. The summed E-state index contributed by atoms with van der Waals surface area (Å²) in [5.41, 5.74) is -0.0958. The highest BCUT2D eigenvalue weighted by Gasteiger charge is 2.51. The molecular weight excluding hydrogens is 409 g/mol. The predicted molar refractivity (Wildman–Crippen MR) is 95.7 cm³/mol. The number of carboxylic acids is 1. The number of nitrogens with zero attached hydrogens (tertiary/aromatic N) is 3. The number of carbonyl (C=O) groups excluding carboxylic acids is 1. The Morgan fingerprint density at radius 1 is 1.30 bits per heavy atom. The van der Waals surface area contributed by atoms with Crippen LogP contribution in [-0.4, -0.2) is 66.0 Å². The number of carbonyl (C=O) groups is 2. The van der Waals surface area contributed by atoms with E-state index in [1.807, 2.05) is 6.07 Å². The lowest BCUT2D eigenvalue weighted by Gasteiger charge is -2.27. The van der Waals surface area contributed by atoms with Crippen LogP contribution in [0.5, 0.6) is 0 Å². The van der Waals surface area contributed by atoms with Gasteiger partial charge in [0.2, 0.25) is 5.95 Å². The summed E-state index contributed by atoms with van der Waals surface area (Å²) < 4.78 is 42.6. The Balaban J connectivity index is 0.000000318. The summed E-state index contributed by atoms with van der Waals surface area (Å²) in [5.74, 6) is -1.52. The molecule has 0 aromatic carbocycles. The molecule has 2 saturated heterocycles. The molecule has 2 N–H and O–H groups in total. The number of hydrogen-bond acceptors (Lipinski definition) is 7. The van der Waals surface area contributed by atoms with Crippen molar-refractivity contribution in [1.82, 2.24) is 15.3 Å². The molecule has 0 radical (unpaired) electrons. The van der Waals surface area contributed by atoms with Gasteiger partial charge in [-0.15, -0.1) is 0 Å². The maximum atomic E-state index is 12.1. The highest BCUT2D eigenvalue weighted by molar-refractivity contribution is 5.91. The van der Waals surface area contributed by atoms with Gasteiger partial charge in [-0.1, -0.05) is 0 Å². The zero-order valence-electron chi connectivity index (χ0n) is 15.6. The third kappa shape index (κ3) is 4.87. The molecule has 0 saturated carbocycles. The Kier molecular flexibility index (Phi) is 6.25. The molecule has 0 spiro atoms. The lowest BCUT2D eigenvalue weighted by atomic mass is 9.81. The third-order valence-corrected chi connectivity index (χ3v) is 4.94. The molecule has 4 rings (SSSR count). The number of aliphatic carboxylic acids is 1. The summed E-state index contributed by atoms with van der Waals surface area (Å²) in [6, 6.07) is 5.18. The van der Waals surface area contributed by atoms with E-state index < -0.39 is 12.1 Å². The molecule has 2 aliphatic rings. The maximum Gasteiger partial charge on any atom is 0.490 e. The normalized spacial score (nSPS) is 22.8. The molecule has 9 nitrogen and oxygen atoms in total. The number of rotatable bonds is 4. The largest absolute Gasteiger partial charge is 0.490 e. The van der Waals surface area contributed by atoms with Gasteiger partial charge in [-0.25, -0.2) is 14.8 Å². The van der Waals surface area contributed by atoms with Crippen molar-refractivity contribution in [3.8, 4) is 0 Å². The summed E-state index contributed by atoms with van der Waals surface area (Å²) in [5, 5.41) is 10.1. The molecule has 2 fully saturated rings. The first-order valence-electron chi connectivity index (χ1n) is 8.93. The van der Waals surface area contributed by atoms with Crippen LogP contribution in [0.2, 0.25) is 0 Å². The molecule has 0 bridgehead atoms. The van der Waals surface area contributed by atoms with Gasteiger partial charge < -0.3 is 24.5 Å². The second kappa shape index (κ2) is 8.69. The molecule has 4 heterocycles. The van der Waals surface area contributed by atoms with Gasteiger partial charge in [-0.2, -0.15) is 13.2 Å². The number of halogens is 3. The van der Waals surface area contributed by atoms with E-state index in [-0.39, 0.29) is 11.3 Å². The van der Waals surface area contributed by atoms with Gasteiger partial charge in [0.15, 0.2) is 5.76 Å². The van der Waals surface area contributed by atoms with Gasteiger partial charge in [-0.3, -0.25) is 4.79 Å². The van der Waals surface area contributed by atoms with Crippen LogP contribution in [0.1, 0.15) is 10.6 Å². The third-order valence-electron chi connectivity index (χ3n) is 4.94. The standard InChI is InChI=1S/C16H18N4O3.C2HF3O2/c21-14(13-3-1-6-23-13)19-9-16-10-20(7-12(16)8-22-11-16)15-17-4-2-5-18-15;3-2(4,5)1(6)7/h1-6,12H,7-11H2,(H,19,21);(H,6,7)/t12-,16+;/m1./s1. The molecular formula is C18H19F3N4O5. The molecule has 2 aromatic rings. The van der Waals surface area contributed by atoms with Crippen molar-refractivity contribution >= 4 is 17.8 Å². The minimum atomic E-state index is -5.08. The van der Waals surface area contributed by atoms with Crippen LogP contribution in [0.3, 0.4) is 0 Å². The van der Waals surface area contributed by atoms with E-state index in [1.54, 1.807) is 24.5 Å². The van der Waals surface area contributed by atoms with Gasteiger partial charge >= 0.3 is 12.1 Å². The van der Waals surface area contributed by atoms with Gasteiger partial charge in [-0.05, 0) is 18.2 Å². The zero-order valence-corrected chi connectivity index (χ0v) is 15.6. The quantitative estimate of drug-likeness (QED) is 0.754. The summed E-state index contributed by atoms with van der Waals surface area (Å²) in [4.78, 5) is 31.8. The number of anilines is 1. The van der Waals surface area contributed by atoms with Crippen molar-refractivity contribution in [2.24, 2.45) is 11.3 Å². The Morgan fingerprint density at radius 2 is 2.00 bits per heavy atom. The first-order chi connectivity index (χ1) is 14.2. The highest BCUT2D eigenvalue weighted by Crippen LogP contribution is 2.41. The molecule has 0 unspecified atom stereocenters. The first-order valence-corrected chi connectivity index (χ1v) is 8.93. The van der Waals surface area contributed by atoms with Crippen LogP contribution in [0.4, 0.5) is 19.1 Å². The molecule has 30 heavy (non-hydrogen) atoms. The number of amides is 1. The molecule has 162 valence electrons. The SMILES string of the molecule is O=C(NC[C@]12COC[C@H]1CN(c1ncccn1)C2)c1ccco1.O=C(O)C(F)(F)F. The molecule has 2 aliphatic heterocycles. The minimum Gasteiger partial charge on any atom is -0.475 e.